The van der Waals surface area contributed by atoms with Gasteiger partial charge in [0.1, 0.15) is 12.2 Å². The summed E-state index contributed by atoms with van der Waals surface area (Å²) >= 11 is 12.5. The molecule has 0 N–H and O–H groups in total. The van der Waals surface area contributed by atoms with Gasteiger partial charge in [0, 0.05) is 16.1 Å². The molecule has 3 rings (SSSR count). The maximum Gasteiger partial charge on any atom is 0.308 e. The molecule has 37 heavy (non-hydrogen) atoms. The third-order valence-electron chi connectivity index (χ3n) is 6.61. The summed E-state index contributed by atoms with van der Waals surface area (Å²) in [7, 11) is -2.36. The second-order valence-corrected chi connectivity index (χ2v) is 13.7. The number of morpholine rings is 1. The Balaban J connectivity index is 2.21. The highest BCUT2D eigenvalue weighted by Crippen LogP contribution is 2.45. The first-order chi connectivity index (χ1) is 17.3. The minimum absolute atomic E-state index is 0.240. The third kappa shape index (κ3) is 6.66. The van der Waals surface area contributed by atoms with E-state index in [4.69, 9.17) is 32.7 Å². The average molecular weight is 571 g/mol. The van der Waals surface area contributed by atoms with Crippen LogP contribution in [0.5, 0.6) is 0 Å². The van der Waals surface area contributed by atoms with Gasteiger partial charge in [-0.3, -0.25) is 9.59 Å². The average Bonchev–Trinajstić information content (AvgIpc) is 2.83. The van der Waals surface area contributed by atoms with Gasteiger partial charge in [-0.1, -0.05) is 54.4 Å². The van der Waals surface area contributed by atoms with Crippen LogP contribution in [0, 0.1) is 0 Å². The van der Waals surface area contributed by atoms with Crippen LogP contribution >= 0.6 is 23.2 Å². The van der Waals surface area contributed by atoms with Gasteiger partial charge in [-0.15, -0.1) is 0 Å². The zero-order valence-electron chi connectivity index (χ0n) is 21.6. The summed E-state index contributed by atoms with van der Waals surface area (Å²) in [5.74, 6) is -1.32. The summed E-state index contributed by atoms with van der Waals surface area (Å²) in [6.07, 6.45) is -1.83. The molecule has 2 aromatic carbocycles. The van der Waals surface area contributed by atoms with Crippen molar-refractivity contribution in [2.45, 2.75) is 69.6 Å². The number of ether oxygens (including phenoxy) is 2. The topological polar surface area (TPSA) is 90.0 Å². The van der Waals surface area contributed by atoms with Crippen molar-refractivity contribution in [3.63, 3.8) is 0 Å². The molecule has 10 heteroatoms. The Labute approximate surface area is 228 Å². The lowest BCUT2D eigenvalue weighted by Crippen LogP contribution is -2.57. The molecule has 0 bridgehead atoms. The van der Waals surface area contributed by atoms with Gasteiger partial charge in [-0.05, 0) is 62.6 Å². The van der Waals surface area contributed by atoms with E-state index in [2.05, 4.69) is 0 Å². The maximum atomic E-state index is 14.0. The molecule has 1 aliphatic rings. The van der Waals surface area contributed by atoms with E-state index in [1.165, 1.54) is 7.11 Å². The molecule has 0 aromatic heterocycles. The monoisotopic (exact) mass is 569 g/mol. The fourth-order valence-corrected chi connectivity index (χ4v) is 6.10. The highest BCUT2D eigenvalue weighted by molar-refractivity contribution is 7.92. The molecule has 1 unspecified atom stereocenters. The molecule has 4 atom stereocenters. The van der Waals surface area contributed by atoms with Gasteiger partial charge in [0.15, 0.2) is 9.84 Å². The van der Waals surface area contributed by atoms with E-state index in [0.29, 0.717) is 27.6 Å². The van der Waals surface area contributed by atoms with Crippen LogP contribution in [0.3, 0.4) is 0 Å². The Morgan fingerprint density at radius 3 is 2.27 bits per heavy atom. The molecule has 1 amide bonds. The van der Waals surface area contributed by atoms with E-state index in [1.807, 2.05) is 13.0 Å². The van der Waals surface area contributed by atoms with Crippen LogP contribution in [-0.4, -0.2) is 54.9 Å². The molecular weight excluding hydrogens is 537 g/mol. The van der Waals surface area contributed by atoms with Crippen LogP contribution < -0.4 is 0 Å². The number of amides is 1. The maximum absolute atomic E-state index is 14.0. The first-order valence-electron chi connectivity index (χ1n) is 12.1. The Morgan fingerprint density at radius 2 is 1.73 bits per heavy atom. The number of benzene rings is 2. The Kier molecular flexibility index (Phi) is 9.32. The van der Waals surface area contributed by atoms with E-state index < -0.39 is 50.8 Å². The van der Waals surface area contributed by atoms with E-state index in [1.54, 1.807) is 68.1 Å². The quantitative estimate of drug-likeness (QED) is 0.386. The van der Waals surface area contributed by atoms with Crippen LogP contribution in [0.2, 0.25) is 10.0 Å². The molecule has 0 radical (unpaired) electrons. The Morgan fingerprint density at radius 1 is 1.08 bits per heavy atom. The number of carbonyl (C=O) groups excluding carboxylic acids is 2. The van der Waals surface area contributed by atoms with Crippen molar-refractivity contribution in [2.24, 2.45) is 0 Å². The van der Waals surface area contributed by atoms with Crippen LogP contribution in [0.15, 0.2) is 48.5 Å². The second-order valence-electron chi connectivity index (χ2n) is 10.1. The van der Waals surface area contributed by atoms with Crippen LogP contribution in [0.4, 0.5) is 0 Å². The number of halogens is 2. The van der Waals surface area contributed by atoms with Crippen LogP contribution in [0.25, 0.3) is 0 Å². The van der Waals surface area contributed by atoms with Crippen LogP contribution in [-0.2, 0) is 28.9 Å². The van der Waals surface area contributed by atoms with Crippen LogP contribution in [0.1, 0.15) is 63.8 Å². The van der Waals surface area contributed by atoms with Gasteiger partial charge in [0.2, 0.25) is 0 Å². The van der Waals surface area contributed by atoms with Gasteiger partial charge in [0.05, 0.1) is 30.1 Å². The second kappa shape index (κ2) is 11.7. The summed E-state index contributed by atoms with van der Waals surface area (Å²) in [4.78, 5) is 27.7. The lowest BCUT2D eigenvalue weighted by molar-refractivity contribution is -0.183. The largest absolute Gasteiger partial charge is 0.469 e. The van der Waals surface area contributed by atoms with Crippen molar-refractivity contribution in [1.29, 1.82) is 0 Å². The molecule has 0 saturated carbocycles. The first kappa shape index (κ1) is 29.4. The first-order valence-corrected chi connectivity index (χ1v) is 14.5. The lowest BCUT2D eigenvalue weighted by Gasteiger charge is -2.48. The number of hydrogen-bond donors (Lipinski definition) is 0. The van der Waals surface area contributed by atoms with Gasteiger partial charge in [-0.2, -0.15) is 0 Å². The molecule has 202 valence electrons. The minimum Gasteiger partial charge on any atom is -0.469 e. The Bertz CT molecular complexity index is 1230. The van der Waals surface area contributed by atoms with Gasteiger partial charge < -0.3 is 14.4 Å². The van der Waals surface area contributed by atoms with Crippen molar-refractivity contribution in [3.8, 4) is 0 Å². The van der Waals surface area contributed by atoms with Gasteiger partial charge in [0.25, 0.3) is 5.91 Å². The summed E-state index contributed by atoms with van der Waals surface area (Å²) in [5.41, 5.74) is 1.40. The SMILES string of the molecule is CCC(CS(=O)(=O)C(C)(C)C)N1C(=O)[C@@H](CC(=O)OC)O[C@H](c2cccc(Cl)c2)[C@H]1c1ccc(Cl)cc1. The fourth-order valence-electron chi connectivity index (χ4n) is 4.37. The number of esters is 1. The van der Waals surface area contributed by atoms with Gasteiger partial charge >= 0.3 is 5.97 Å². The molecule has 1 heterocycles. The highest BCUT2D eigenvalue weighted by atomic mass is 35.5. The number of sulfone groups is 1. The summed E-state index contributed by atoms with van der Waals surface area (Å²) in [6.45, 7) is 6.76. The molecule has 2 aromatic rings. The number of hydrogen-bond acceptors (Lipinski definition) is 6. The van der Waals surface area contributed by atoms with Crippen molar-refractivity contribution in [2.75, 3.05) is 12.9 Å². The smallest absolute Gasteiger partial charge is 0.308 e. The molecule has 1 fully saturated rings. The lowest BCUT2D eigenvalue weighted by atomic mass is 9.89. The number of rotatable bonds is 8. The third-order valence-corrected chi connectivity index (χ3v) is 9.78. The molecule has 0 aliphatic carbocycles. The van der Waals surface area contributed by atoms with E-state index in [-0.39, 0.29) is 12.2 Å². The van der Waals surface area contributed by atoms with Gasteiger partial charge in [-0.25, -0.2) is 8.42 Å². The molecule has 1 saturated heterocycles. The molecular formula is C27H33Cl2NO6S. The number of nitrogens with zero attached hydrogens (tertiary/aromatic N) is 1. The predicted molar refractivity (Wildman–Crippen MR) is 144 cm³/mol. The van der Waals surface area contributed by atoms with Crippen molar-refractivity contribution in [3.05, 3.63) is 69.7 Å². The van der Waals surface area contributed by atoms with E-state index in [9.17, 15) is 18.0 Å². The summed E-state index contributed by atoms with van der Waals surface area (Å²) in [6, 6.07) is 12.7. The fraction of sp³-hybridized carbons (Fsp3) is 0.481. The molecule has 1 aliphatic heterocycles. The zero-order chi connectivity index (χ0) is 27.5. The number of methoxy groups -OCH3 is 1. The summed E-state index contributed by atoms with van der Waals surface area (Å²) < 4.78 is 36.7. The van der Waals surface area contributed by atoms with Crippen molar-refractivity contribution in [1.82, 2.24) is 4.90 Å². The van der Waals surface area contributed by atoms with E-state index >= 15 is 0 Å². The van der Waals surface area contributed by atoms with Crippen molar-refractivity contribution >= 4 is 44.9 Å². The predicted octanol–water partition coefficient (Wildman–Crippen LogP) is 5.56. The highest BCUT2D eigenvalue weighted by Gasteiger charge is 2.48. The number of carbonyl (C=O) groups is 2. The minimum atomic E-state index is -3.60. The summed E-state index contributed by atoms with van der Waals surface area (Å²) in [5, 5.41) is 0.995. The van der Waals surface area contributed by atoms with Crippen molar-refractivity contribution < 1.29 is 27.5 Å². The van der Waals surface area contributed by atoms with E-state index in [0.717, 1.165) is 0 Å². The zero-order valence-corrected chi connectivity index (χ0v) is 23.9. The molecule has 0 spiro atoms. The molecule has 7 nitrogen and oxygen atoms in total. The Hall–Kier alpha value is -2.13. The standard InChI is InChI=1S/C27H33Cl2NO6S/c1-6-21(16-37(33,34)27(2,3)4)30-24(17-10-12-19(28)13-11-17)25(18-8-7-9-20(29)14-18)36-22(26(30)32)15-23(31)35-5/h7-14,21-22,24-25H,6,15-16H2,1-5H3/t21?,22-,24-,25-/m1/s1. The normalized spacial score (nSPS) is 21.5.